The van der Waals surface area contributed by atoms with Crippen LogP contribution in [0, 0.1) is 0 Å². The summed E-state index contributed by atoms with van der Waals surface area (Å²) in [5.41, 5.74) is 6.00. The molecule has 1 amide bonds. The summed E-state index contributed by atoms with van der Waals surface area (Å²) in [6.45, 7) is 3.80. The normalized spacial score (nSPS) is 24.9. The minimum atomic E-state index is 0.0146. The van der Waals surface area contributed by atoms with E-state index in [-0.39, 0.29) is 5.91 Å². The molecule has 92 valence electrons. The van der Waals surface area contributed by atoms with Gasteiger partial charge in [0.15, 0.2) is 0 Å². The molecule has 2 aliphatic heterocycles. The predicted octanol–water partition coefficient (Wildman–Crippen LogP) is -0.0879. The Morgan fingerprint density at radius 3 is 3.12 bits per heavy atom. The molecule has 1 unspecified atom stereocenters. The highest BCUT2D eigenvalue weighted by Gasteiger charge is 2.33. The molecule has 1 atom stereocenters. The standard InChI is InChI=1S/C11H17N5O/c12-10-6-9(13-14-10)11(17)16-5-4-15-3-1-2-8(15)7-16/h6,8H,1-5,7H2,(H3,12,13,14). The van der Waals surface area contributed by atoms with Crippen molar-refractivity contribution in [3.63, 3.8) is 0 Å². The Kier molecular flexibility index (Phi) is 2.51. The smallest absolute Gasteiger partial charge is 0.272 e. The molecule has 0 aromatic carbocycles. The third kappa shape index (κ3) is 1.88. The number of nitrogens with zero attached hydrogens (tertiary/aromatic N) is 3. The lowest BCUT2D eigenvalue weighted by Gasteiger charge is -2.37. The van der Waals surface area contributed by atoms with Gasteiger partial charge in [-0.05, 0) is 19.4 Å². The molecule has 0 radical (unpaired) electrons. The monoisotopic (exact) mass is 235 g/mol. The van der Waals surface area contributed by atoms with Gasteiger partial charge in [-0.3, -0.25) is 14.8 Å². The second-order valence-corrected chi connectivity index (χ2v) is 4.79. The number of fused-ring (bicyclic) bond motifs is 1. The van der Waals surface area contributed by atoms with Crippen LogP contribution in [0.4, 0.5) is 5.82 Å². The summed E-state index contributed by atoms with van der Waals surface area (Å²) in [4.78, 5) is 16.6. The lowest BCUT2D eigenvalue weighted by Crippen LogP contribution is -2.52. The summed E-state index contributed by atoms with van der Waals surface area (Å²) in [6, 6.07) is 2.15. The van der Waals surface area contributed by atoms with Gasteiger partial charge in [-0.25, -0.2) is 0 Å². The molecule has 0 bridgehead atoms. The number of nitrogen functional groups attached to an aromatic ring is 1. The summed E-state index contributed by atoms with van der Waals surface area (Å²) >= 11 is 0. The number of hydrogen-bond donors (Lipinski definition) is 2. The molecule has 3 N–H and O–H groups in total. The van der Waals surface area contributed by atoms with Crippen LogP contribution in [-0.4, -0.2) is 58.1 Å². The number of carbonyl (C=O) groups is 1. The number of amides is 1. The topological polar surface area (TPSA) is 78.3 Å². The SMILES string of the molecule is Nc1cc(C(=O)N2CCN3CCCC3C2)[nH]n1. The molecule has 6 nitrogen and oxygen atoms in total. The fourth-order valence-corrected chi connectivity index (χ4v) is 2.79. The Hall–Kier alpha value is -1.56. The summed E-state index contributed by atoms with van der Waals surface area (Å²) in [5, 5.41) is 6.48. The first-order chi connectivity index (χ1) is 8.24. The van der Waals surface area contributed by atoms with E-state index in [4.69, 9.17) is 5.73 Å². The lowest BCUT2D eigenvalue weighted by atomic mass is 10.1. The molecule has 2 fully saturated rings. The van der Waals surface area contributed by atoms with E-state index in [0.29, 0.717) is 17.6 Å². The van der Waals surface area contributed by atoms with E-state index in [0.717, 1.165) is 19.6 Å². The van der Waals surface area contributed by atoms with Crippen LogP contribution in [0.5, 0.6) is 0 Å². The first-order valence-electron chi connectivity index (χ1n) is 6.08. The molecule has 1 aromatic rings. The maximum absolute atomic E-state index is 12.2. The zero-order chi connectivity index (χ0) is 11.8. The Labute approximate surface area is 99.8 Å². The predicted molar refractivity (Wildman–Crippen MR) is 63.5 cm³/mol. The van der Waals surface area contributed by atoms with E-state index in [1.54, 1.807) is 6.07 Å². The van der Waals surface area contributed by atoms with Gasteiger partial charge in [0.2, 0.25) is 0 Å². The first kappa shape index (κ1) is 10.6. The van der Waals surface area contributed by atoms with Crippen molar-refractivity contribution in [3.8, 4) is 0 Å². The molecule has 17 heavy (non-hydrogen) atoms. The van der Waals surface area contributed by atoms with Crippen LogP contribution in [0.1, 0.15) is 23.3 Å². The molecule has 3 heterocycles. The summed E-state index contributed by atoms with van der Waals surface area (Å²) in [7, 11) is 0. The van der Waals surface area contributed by atoms with Crippen molar-refractivity contribution in [2.24, 2.45) is 0 Å². The van der Waals surface area contributed by atoms with E-state index in [2.05, 4.69) is 15.1 Å². The van der Waals surface area contributed by atoms with Crippen LogP contribution in [0.3, 0.4) is 0 Å². The average molecular weight is 235 g/mol. The highest BCUT2D eigenvalue weighted by Crippen LogP contribution is 2.22. The summed E-state index contributed by atoms with van der Waals surface area (Å²) in [5.74, 6) is 0.383. The fourth-order valence-electron chi connectivity index (χ4n) is 2.79. The second-order valence-electron chi connectivity index (χ2n) is 4.79. The Morgan fingerprint density at radius 1 is 1.47 bits per heavy atom. The summed E-state index contributed by atoms with van der Waals surface area (Å²) in [6.07, 6.45) is 2.46. The van der Waals surface area contributed by atoms with Crippen molar-refractivity contribution in [3.05, 3.63) is 11.8 Å². The summed E-state index contributed by atoms with van der Waals surface area (Å²) < 4.78 is 0. The van der Waals surface area contributed by atoms with E-state index in [1.807, 2.05) is 4.90 Å². The van der Waals surface area contributed by atoms with Crippen LogP contribution < -0.4 is 5.73 Å². The van der Waals surface area contributed by atoms with E-state index >= 15 is 0 Å². The van der Waals surface area contributed by atoms with Crippen molar-refractivity contribution in [1.82, 2.24) is 20.0 Å². The number of H-pyrrole nitrogens is 1. The maximum Gasteiger partial charge on any atom is 0.272 e. The number of nitrogens with two attached hydrogens (primary N) is 1. The number of anilines is 1. The van der Waals surface area contributed by atoms with Gasteiger partial charge >= 0.3 is 0 Å². The Balaban J connectivity index is 1.70. The highest BCUT2D eigenvalue weighted by atomic mass is 16.2. The van der Waals surface area contributed by atoms with E-state index < -0.39 is 0 Å². The van der Waals surface area contributed by atoms with Gasteiger partial charge < -0.3 is 10.6 Å². The van der Waals surface area contributed by atoms with Crippen LogP contribution in [-0.2, 0) is 0 Å². The molecule has 2 aliphatic rings. The van der Waals surface area contributed by atoms with Gasteiger partial charge in [-0.2, -0.15) is 5.10 Å². The van der Waals surface area contributed by atoms with Gasteiger partial charge in [-0.15, -0.1) is 0 Å². The number of aromatic nitrogens is 2. The Bertz CT molecular complexity index is 429. The van der Waals surface area contributed by atoms with Crippen LogP contribution in [0.15, 0.2) is 6.07 Å². The number of nitrogens with one attached hydrogen (secondary N) is 1. The number of hydrogen-bond acceptors (Lipinski definition) is 4. The van der Waals surface area contributed by atoms with Crippen LogP contribution in [0.25, 0.3) is 0 Å². The second kappa shape index (κ2) is 4.03. The third-order valence-electron chi connectivity index (χ3n) is 3.70. The molecular formula is C11H17N5O. The minimum Gasteiger partial charge on any atom is -0.382 e. The zero-order valence-corrected chi connectivity index (χ0v) is 9.72. The molecule has 0 spiro atoms. The Morgan fingerprint density at radius 2 is 2.35 bits per heavy atom. The first-order valence-corrected chi connectivity index (χ1v) is 6.08. The fraction of sp³-hybridized carbons (Fsp3) is 0.636. The zero-order valence-electron chi connectivity index (χ0n) is 9.72. The number of aromatic amines is 1. The highest BCUT2D eigenvalue weighted by molar-refractivity contribution is 5.93. The molecule has 1 aromatic heterocycles. The average Bonchev–Trinajstić information content (AvgIpc) is 2.95. The lowest BCUT2D eigenvalue weighted by molar-refractivity contribution is 0.0566. The number of carbonyl (C=O) groups excluding carboxylic acids is 1. The van der Waals surface area contributed by atoms with Crippen molar-refractivity contribution in [2.45, 2.75) is 18.9 Å². The molecule has 3 rings (SSSR count). The minimum absolute atomic E-state index is 0.0146. The molecule has 6 heteroatoms. The van der Waals surface area contributed by atoms with Crippen LogP contribution >= 0.6 is 0 Å². The maximum atomic E-state index is 12.2. The quantitative estimate of drug-likeness (QED) is 0.713. The number of rotatable bonds is 1. The molecule has 0 aliphatic carbocycles. The van der Waals surface area contributed by atoms with E-state index in [1.165, 1.54) is 19.4 Å². The number of piperazine rings is 1. The van der Waals surface area contributed by atoms with Gasteiger partial charge in [-0.1, -0.05) is 0 Å². The van der Waals surface area contributed by atoms with Gasteiger partial charge in [0.1, 0.15) is 11.5 Å². The molecular weight excluding hydrogens is 218 g/mol. The van der Waals surface area contributed by atoms with Gasteiger partial charge in [0, 0.05) is 31.7 Å². The van der Waals surface area contributed by atoms with E-state index in [9.17, 15) is 4.79 Å². The third-order valence-corrected chi connectivity index (χ3v) is 3.70. The van der Waals surface area contributed by atoms with Crippen molar-refractivity contribution >= 4 is 11.7 Å². The molecule has 2 saturated heterocycles. The van der Waals surface area contributed by atoms with Gasteiger partial charge in [0.05, 0.1) is 0 Å². The molecule has 0 saturated carbocycles. The van der Waals surface area contributed by atoms with Crippen molar-refractivity contribution in [1.29, 1.82) is 0 Å². The van der Waals surface area contributed by atoms with Crippen molar-refractivity contribution in [2.75, 3.05) is 31.9 Å². The largest absolute Gasteiger partial charge is 0.382 e. The van der Waals surface area contributed by atoms with Crippen molar-refractivity contribution < 1.29 is 4.79 Å². The van der Waals surface area contributed by atoms with Gasteiger partial charge in [0.25, 0.3) is 5.91 Å². The van der Waals surface area contributed by atoms with Crippen LogP contribution in [0.2, 0.25) is 0 Å².